The Morgan fingerprint density at radius 2 is 1.88 bits per heavy atom. The third-order valence-corrected chi connectivity index (χ3v) is 3.73. The monoisotopic (exact) mass is 334 g/mol. The zero-order chi connectivity index (χ0) is 18.1. The molecule has 0 spiro atoms. The van der Waals surface area contributed by atoms with Gasteiger partial charge in [-0.05, 0) is 37.1 Å². The van der Waals surface area contributed by atoms with Crippen molar-refractivity contribution in [3.05, 3.63) is 77.8 Å². The highest BCUT2D eigenvalue weighted by Crippen LogP contribution is 2.12. The van der Waals surface area contributed by atoms with Gasteiger partial charge in [0.05, 0.1) is 0 Å². The van der Waals surface area contributed by atoms with Crippen molar-refractivity contribution in [3.8, 4) is 6.07 Å². The summed E-state index contributed by atoms with van der Waals surface area (Å²) in [5.41, 5.74) is 2.16. The summed E-state index contributed by atoms with van der Waals surface area (Å²) in [5.74, 6) is -0.274. The summed E-state index contributed by atoms with van der Waals surface area (Å²) in [5, 5.41) is 12.4. The van der Waals surface area contributed by atoms with Gasteiger partial charge in [0, 0.05) is 37.7 Å². The van der Waals surface area contributed by atoms with Gasteiger partial charge in [-0.3, -0.25) is 9.78 Å². The van der Waals surface area contributed by atoms with Gasteiger partial charge in [0.25, 0.3) is 5.91 Å². The second kappa shape index (κ2) is 9.24. The maximum absolute atomic E-state index is 12.7. The van der Waals surface area contributed by atoms with E-state index in [0.29, 0.717) is 13.1 Å². The van der Waals surface area contributed by atoms with Crippen LogP contribution in [0.25, 0.3) is 0 Å². The number of carbonyl (C=O) groups excluding carboxylic acids is 1. The number of amides is 1. The number of hydrogen-bond acceptors (Lipinski definition) is 4. The van der Waals surface area contributed by atoms with Crippen molar-refractivity contribution >= 4 is 5.91 Å². The van der Waals surface area contributed by atoms with Crippen LogP contribution in [0.3, 0.4) is 0 Å². The quantitative estimate of drug-likeness (QED) is 0.624. The molecule has 0 unspecified atom stereocenters. The van der Waals surface area contributed by atoms with E-state index in [0.717, 1.165) is 11.1 Å². The molecule has 128 valence electrons. The predicted molar refractivity (Wildman–Crippen MR) is 96.9 cm³/mol. The minimum atomic E-state index is -0.274. The molecule has 1 aromatic carbocycles. The second-order valence-electron chi connectivity index (χ2n) is 5.92. The molecule has 0 aliphatic rings. The van der Waals surface area contributed by atoms with E-state index in [1.54, 1.807) is 17.3 Å². The lowest BCUT2D eigenvalue weighted by Gasteiger charge is -2.26. The van der Waals surface area contributed by atoms with Crippen LogP contribution in [0.2, 0.25) is 0 Å². The van der Waals surface area contributed by atoms with Crippen molar-refractivity contribution in [2.45, 2.75) is 33.0 Å². The number of nitrogens with one attached hydrogen (secondary N) is 1. The average Bonchev–Trinajstić information content (AvgIpc) is 2.64. The molecule has 0 atom stereocenters. The van der Waals surface area contributed by atoms with Crippen LogP contribution in [0.5, 0.6) is 0 Å². The third kappa shape index (κ3) is 5.47. The smallest absolute Gasteiger partial charge is 0.266 e. The normalized spacial score (nSPS) is 11.0. The number of nitrogens with zero attached hydrogens (tertiary/aromatic N) is 3. The highest BCUT2D eigenvalue weighted by Gasteiger charge is 2.21. The minimum Gasteiger partial charge on any atom is -0.386 e. The van der Waals surface area contributed by atoms with Crippen LogP contribution in [0.4, 0.5) is 0 Å². The molecule has 2 rings (SSSR count). The van der Waals surface area contributed by atoms with Crippen LogP contribution in [0, 0.1) is 11.3 Å². The highest BCUT2D eigenvalue weighted by molar-refractivity contribution is 5.97. The van der Waals surface area contributed by atoms with Gasteiger partial charge in [-0.25, -0.2) is 0 Å². The summed E-state index contributed by atoms with van der Waals surface area (Å²) in [6, 6.07) is 15.5. The van der Waals surface area contributed by atoms with Crippen LogP contribution in [0.1, 0.15) is 25.0 Å². The van der Waals surface area contributed by atoms with Crippen molar-refractivity contribution in [2.75, 3.05) is 0 Å². The van der Waals surface area contributed by atoms with E-state index in [2.05, 4.69) is 10.3 Å². The lowest BCUT2D eigenvalue weighted by Crippen LogP contribution is -2.37. The molecule has 0 fully saturated rings. The molecular weight excluding hydrogens is 312 g/mol. The van der Waals surface area contributed by atoms with Gasteiger partial charge in [-0.15, -0.1) is 0 Å². The lowest BCUT2D eigenvalue weighted by molar-refractivity contribution is -0.129. The molecule has 1 aromatic heterocycles. The van der Waals surface area contributed by atoms with E-state index in [9.17, 15) is 10.1 Å². The zero-order valence-corrected chi connectivity index (χ0v) is 14.5. The Labute approximate surface area is 148 Å². The van der Waals surface area contributed by atoms with E-state index in [-0.39, 0.29) is 17.5 Å². The van der Waals surface area contributed by atoms with E-state index in [4.69, 9.17) is 0 Å². The average molecular weight is 334 g/mol. The molecule has 5 heteroatoms. The van der Waals surface area contributed by atoms with Gasteiger partial charge in [-0.2, -0.15) is 5.26 Å². The van der Waals surface area contributed by atoms with Crippen molar-refractivity contribution < 1.29 is 4.79 Å². The van der Waals surface area contributed by atoms with Crippen molar-refractivity contribution in [3.63, 3.8) is 0 Å². The van der Waals surface area contributed by atoms with Gasteiger partial charge in [-0.1, -0.05) is 30.3 Å². The molecular formula is C20H22N4O. The third-order valence-electron chi connectivity index (χ3n) is 3.73. The van der Waals surface area contributed by atoms with Crippen LogP contribution >= 0.6 is 0 Å². The SMILES string of the molecule is CC(C)N(Cc1ccccc1)C(=O)/C(C#N)=C\NCc1ccncc1. The molecule has 25 heavy (non-hydrogen) atoms. The molecule has 0 saturated heterocycles. The van der Waals surface area contributed by atoms with E-state index in [1.807, 2.05) is 62.4 Å². The summed E-state index contributed by atoms with van der Waals surface area (Å²) in [6.07, 6.45) is 4.90. The first-order valence-electron chi connectivity index (χ1n) is 8.19. The van der Waals surface area contributed by atoms with Gasteiger partial charge in [0.2, 0.25) is 0 Å². The predicted octanol–water partition coefficient (Wildman–Crippen LogP) is 3.02. The number of rotatable bonds is 7. The highest BCUT2D eigenvalue weighted by atomic mass is 16.2. The molecule has 0 aliphatic carbocycles. The summed E-state index contributed by atoms with van der Waals surface area (Å²) in [4.78, 5) is 18.4. The van der Waals surface area contributed by atoms with Gasteiger partial charge in [0.1, 0.15) is 11.6 Å². The maximum atomic E-state index is 12.7. The molecule has 0 saturated carbocycles. The van der Waals surface area contributed by atoms with E-state index < -0.39 is 0 Å². The second-order valence-corrected chi connectivity index (χ2v) is 5.92. The van der Waals surface area contributed by atoms with Crippen molar-refractivity contribution in [1.82, 2.24) is 15.2 Å². The van der Waals surface area contributed by atoms with Crippen LogP contribution in [-0.4, -0.2) is 21.8 Å². The molecule has 1 heterocycles. The number of nitriles is 1. The first-order chi connectivity index (χ1) is 12.1. The topological polar surface area (TPSA) is 69.0 Å². The van der Waals surface area contributed by atoms with Gasteiger partial charge in [0.15, 0.2) is 0 Å². The molecule has 0 bridgehead atoms. The van der Waals surface area contributed by atoms with E-state index in [1.165, 1.54) is 6.20 Å². The van der Waals surface area contributed by atoms with Crippen LogP contribution < -0.4 is 5.32 Å². The molecule has 5 nitrogen and oxygen atoms in total. The van der Waals surface area contributed by atoms with E-state index >= 15 is 0 Å². The Morgan fingerprint density at radius 3 is 2.48 bits per heavy atom. The Balaban J connectivity index is 2.07. The Bertz CT molecular complexity index is 748. The Morgan fingerprint density at radius 1 is 1.20 bits per heavy atom. The van der Waals surface area contributed by atoms with Gasteiger partial charge >= 0.3 is 0 Å². The fourth-order valence-electron chi connectivity index (χ4n) is 2.34. The number of aromatic nitrogens is 1. The van der Waals surface area contributed by atoms with Crippen LogP contribution in [-0.2, 0) is 17.9 Å². The number of hydrogen-bond donors (Lipinski definition) is 1. The van der Waals surface area contributed by atoms with Crippen LogP contribution in [0.15, 0.2) is 66.6 Å². The van der Waals surface area contributed by atoms with Crippen molar-refractivity contribution in [2.24, 2.45) is 0 Å². The first-order valence-corrected chi connectivity index (χ1v) is 8.19. The fraction of sp³-hybridized carbons (Fsp3) is 0.250. The largest absolute Gasteiger partial charge is 0.386 e. The molecule has 1 N–H and O–H groups in total. The molecule has 1 amide bonds. The summed E-state index contributed by atoms with van der Waals surface area (Å²) in [7, 11) is 0. The Hall–Kier alpha value is -3.13. The standard InChI is InChI=1S/C20H22N4O/c1-16(2)24(15-18-6-4-3-5-7-18)20(25)19(12-21)14-23-13-17-8-10-22-11-9-17/h3-11,14,16,23H,13,15H2,1-2H3/b19-14-. The zero-order valence-electron chi connectivity index (χ0n) is 14.5. The molecule has 0 radical (unpaired) electrons. The number of benzene rings is 1. The van der Waals surface area contributed by atoms with Crippen molar-refractivity contribution in [1.29, 1.82) is 5.26 Å². The molecule has 0 aliphatic heterocycles. The summed E-state index contributed by atoms with van der Waals surface area (Å²) < 4.78 is 0. The summed E-state index contributed by atoms with van der Waals surface area (Å²) in [6.45, 7) is 4.89. The molecule has 2 aromatic rings. The fourth-order valence-corrected chi connectivity index (χ4v) is 2.34. The van der Waals surface area contributed by atoms with Gasteiger partial charge < -0.3 is 10.2 Å². The number of carbonyl (C=O) groups is 1. The minimum absolute atomic E-state index is 0.00958. The number of pyridine rings is 1. The lowest BCUT2D eigenvalue weighted by atomic mass is 10.1. The Kier molecular flexibility index (Phi) is 6.73. The first kappa shape index (κ1) is 18.2. The summed E-state index contributed by atoms with van der Waals surface area (Å²) >= 11 is 0. The maximum Gasteiger partial charge on any atom is 0.266 e.